The summed E-state index contributed by atoms with van der Waals surface area (Å²) < 4.78 is 0. The molecule has 4 bridgehead atoms. The summed E-state index contributed by atoms with van der Waals surface area (Å²) in [5.41, 5.74) is 0.772. The van der Waals surface area contributed by atoms with E-state index in [0.717, 1.165) is 31.5 Å². The van der Waals surface area contributed by atoms with Crippen LogP contribution in [-0.2, 0) is 0 Å². The molecule has 5 heteroatoms. The number of likely N-dealkylation sites (N-methyl/N-ethyl adjacent to an activating group) is 1. The number of carbonyl (C=O) groups excluding carboxylic acids is 1. The Labute approximate surface area is 160 Å². The zero-order valence-corrected chi connectivity index (χ0v) is 15.8. The Morgan fingerprint density at radius 1 is 1.26 bits per heavy atom. The van der Waals surface area contributed by atoms with E-state index in [1.807, 2.05) is 42.5 Å². The van der Waals surface area contributed by atoms with Crippen molar-refractivity contribution in [1.82, 2.24) is 20.3 Å². The lowest BCUT2D eigenvalue weighted by atomic mass is 9.47. The van der Waals surface area contributed by atoms with Crippen molar-refractivity contribution in [3.8, 4) is 11.8 Å². The van der Waals surface area contributed by atoms with Gasteiger partial charge in [0.2, 0.25) is 0 Å². The third-order valence-electron chi connectivity index (χ3n) is 6.75. The lowest BCUT2D eigenvalue weighted by molar-refractivity contribution is -0.0500. The molecule has 5 nitrogen and oxygen atoms in total. The first-order valence-corrected chi connectivity index (χ1v) is 9.98. The highest BCUT2D eigenvalue weighted by atomic mass is 16.2. The van der Waals surface area contributed by atoms with Crippen LogP contribution in [0.25, 0.3) is 0 Å². The van der Waals surface area contributed by atoms with Crippen molar-refractivity contribution in [3.63, 3.8) is 0 Å². The fourth-order valence-electron chi connectivity index (χ4n) is 6.20. The molecule has 140 valence electrons. The molecule has 1 aromatic heterocycles. The molecule has 4 saturated carbocycles. The van der Waals surface area contributed by atoms with Crippen LogP contribution >= 0.6 is 0 Å². The number of hydrazine groups is 1. The molecule has 1 aliphatic heterocycles. The monoisotopic (exact) mass is 362 g/mol. The molecule has 5 aliphatic rings. The molecular formula is C22H26N4O. The third kappa shape index (κ3) is 3.02. The Morgan fingerprint density at radius 2 is 2.07 bits per heavy atom. The number of amides is 2. The van der Waals surface area contributed by atoms with E-state index in [2.05, 4.69) is 22.1 Å². The van der Waals surface area contributed by atoms with Crippen molar-refractivity contribution >= 4 is 6.03 Å². The lowest BCUT2D eigenvalue weighted by Gasteiger charge is -2.60. The molecule has 1 aromatic rings. The smallest absolute Gasteiger partial charge is 0.331 e. The Bertz CT molecular complexity index is 823. The molecule has 0 aromatic carbocycles. The maximum atomic E-state index is 12.9. The van der Waals surface area contributed by atoms with Crippen LogP contribution in [0.4, 0.5) is 4.79 Å². The molecule has 6 rings (SSSR count). The molecule has 2 amide bonds. The van der Waals surface area contributed by atoms with Gasteiger partial charge in [-0.3, -0.25) is 0 Å². The molecule has 2 unspecified atom stereocenters. The molecule has 4 aliphatic carbocycles. The zero-order valence-electron chi connectivity index (χ0n) is 15.8. The molecule has 1 N–H and O–H groups in total. The van der Waals surface area contributed by atoms with E-state index < -0.39 is 0 Å². The van der Waals surface area contributed by atoms with E-state index in [0.29, 0.717) is 11.8 Å². The quantitative estimate of drug-likeness (QED) is 0.781. The van der Waals surface area contributed by atoms with Crippen LogP contribution in [0.2, 0.25) is 0 Å². The van der Waals surface area contributed by atoms with Gasteiger partial charge in [-0.05, 0) is 68.4 Å². The van der Waals surface area contributed by atoms with E-state index in [9.17, 15) is 4.79 Å². The average molecular weight is 362 g/mol. The highest BCUT2D eigenvalue weighted by Crippen LogP contribution is 2.61. The third-order valence-corrected chi connectivity index (χ3v) is 6.75. The largest absolute Gasteiger partial charge is 0.336 e. The predicted molar refractivity (Wildman–Crippen MR) is 103 cm³/mol. The summed E-state index contributed by atoms with van der Waals surface area (Å²) in [6.45, 7) is 0.783. The van der Waals surface area contributed by atoms with Crippen LogP contribution in [0.1, 0.15) is 44.2 Å². The van der Waals surface area contributed by atoms with Crippen molar-refractivity contribution < 1.29 is 4.79 Å². The highest BCUT2D eigenvalue weighted by molar-refractivity contribution is 5.76. The second-order valence-corrected chi connectivity index (χ2v) is 8.99. The van der Waals surface area contributed by atoms with Crippen LogP contribution in [0.5, 0.6) is 0 Å². The number of rotatable bonds is 1. The van der Waals surface area contributed by atoms with Gasteiger partial charge in [0.1, 0.15) is 5.69 Å². The number of carbonyl (C=O) groups is 1. The fraction of sp³-hybridized carbons (Fsp3) is 0.545. The van der Waals surface area contributed by atoms with Gasteiger partial charge in [0.15, 0.2) is 0 Å². The van der Waals surface area contributed by atoms with Crippen LogP contribution in [0.3, 0.4) is 0 Å². The van der Waals surface area contributed by atoms with Gasteiger partial charge in [-0.25, -0.2) is 19.8 Å². The van der Waals surface area contributed by atoms with Crippen LogP contribution in [0.15, 0.2) is 36.7 Å². The van der Waals surface area contributed by atoms with Gasteiger partial charge in [0.05, 0.1) is 0 Å². The number of urea groups is 1. The summed E-state index contributed by atoms with van der Waals surface area (Å²) in [5, 5.41) is 7.07. The maximum Gasteiger partial charge on any atom is 0.336 e. The minimum atomic E-state index is -0.1000. The van der Waals surface area contributed by atoms with Crippen molar-refractivity contribution in [2.24, 2.45) is 17.3 Å². The molecular weight excluding hydrogens is 336 g/mol. The van der Waals surface area contributed by atoms with Gasteiger partial charge in [-0.15, -0.1) is 0 Å². The maximum absolute atomic E-state index is 12.9. The van der Waals surface area contributed by atoms with Crippen molar-refractivity contribution in [2.45, 2.75) is 44.1 Å². The molecule has 0 saturated heterocycles. The predicted octanol–water partition coefficient (Wildman–Crippen LogP) is 3.16. The molecule has 4 fully saturated rings. The molecule has 0 spiro atoms. The van der Waals surface area contributed by atoms with Crippen molar-refractivity contribution in [3.05, 3.63) is 42.4 Å². The number of nitrogens with zero attached hydrogens (tertiary/aromatic N) is 3. The van der Waals surface area contributed by atoms with Gasteiger partial charge in [-0.2, -0.15) is 0 Å². The summed E-state index contributed by atoms with van der Waals surface area (Å²) in [7, 11) is 1.94. The topological polar surface area (TPSA) is 48.5 Å². The van der Waals surface area contributed by atoms with E-state index >= 15 is 0 Å². The number of pyridine rings is 1. The summed E-state index contributed by atoms with van der Waals surface area (Å²) in [4.78, 5) is 17.3. The first-order valence-electron chi connectivity index (χ1n) is 9.98. The molecule has 2 heterocycles. The SMILES string of the molecule is CN1CC=CN1C(=O)NC12CC3CC(CC(C#Cc4ccccn4)(C3)C1)C2. The number of aromatic nitrogens is 1. The molecule has 27 heavy (non-hydrogen) atoms. The van der Waals surface area contributed by atoms with Crippen LogP contribution in [0, 0.1) is 29.1 Å². The second kappa shape index (κ2) is 6.10. The first-order chi connectivity index (χ1) is 13.0. The first kappa shape index (κ1) is 16.8. The Kier molecular flexibility index (Phi) is 3.80. The standard InChI is InChI=1S/C22H26N4O/c1-25-9-4-10-26(25)20(27)24-22-14-17-11-18(15-22)13-21(12-17,16-22)7-6-19-5-2-3-8-23-19/h2-5,8,10,17-18H,9,11-16H2,1H3,(H,24,27). The zero-order chi connectivity index (χ0) is 18.5. The highest BCUT2D eigenvalue weighted by Gasteiger charge is 2.58. The minimum absolute atomic E-state index is 0.000959. The van der Waals surface area contributed by atoms with Crippen molar-refractivity contribution in [1.29, 1.82) is 0 Å². The number of nitrogens with one attached hydrogen (secondary N) is 1. The summed E-state index contributed by atoms with van der Waals surface area (Å²) >= 11 is 0. The number of hydrogen-bond acceptors (Lipinski definition) is 3. The Hall–Kier alpha value is -2.32. The average Bonchev–Trinajstić information content (AvgIpc) is 3.06. The summed E-state index contributed by atoms with van der Waals surface area (Å²) in [6, 6.07) is 5.88. The van der Waals surface area contributed by atoms with Crippen LogP contribution in [-0.4, -0.2) is 40.2 Å². The lowest BCUT2D eigenvalue weighted by Crippen LogP contribution is -2.64. The van der Waals surface area contributed by atoms with Gasteiger partial charge in [0.25, 0.3) is 0 Å². The van der Waals surface area contributed by atoms with Gasteiger partial charge in [-0.1, -0.05) is 18.1 Å². The Balaban J connectivity index is 1.40. The molecule has 0 radical (unpaired) electrons. The normalized spacial score (nSPS) is 36.6. The second-order valence-electron chi connectivity index (χ2n) is 8.99. The van der Waals surface area contributed by atoms with E-state index in [1.54, 1.807) is 11.2 Å². The molecule has 2 atom stereocenters. The van der Waals surface area contributed by atoms with E-state index in [4.69, 9.17) is 0 Å². The number of hydrogen-bond donors (Lipinski definition) is 1. The summed E-state index contributed by atoms with van der Waals surface area (Å²) in [5.74, 6) is 8.30. The minimum Gasteiger partial charge on any atom is -0.331 e. The summed E-state index contributed by atoms with van der Waals surface area (Å²) in [6.07, 6.45) is 12.5. The van der Waals surface area contributed by atoms with Gasteiger partial charge < -0.3 is 5.32 Å². The van der Waals surface area contributed by atoms with E-state index in [-0.39, 0.29) is 17.0 Å². The van der Waals surface area contributed by atoms with Gasteiger partial charge in [0, 0.05) is 36.9 Å². The Morgan fingerprint density at radius 3 is 2.74 bits per heavy atom. The fourth-order valence-corrected chi connectivity index (χ4v) is 6.20. The van der Waals surface area contributed by atoms with E-state index in [1.165, 1.54) is 19.3 Å². The van der Waals surface area contributed by atoms with Crippen molar-refractivity contribution in [2.75, 3.05) is 13.6 Å². The van der Waals surface area contributed by atoms with Crippen LogP contribution < -0.4 is 5.32 Å². The van der Waals surface area contributed by atoms with Gasteiger partial charge >= 0.3 is 6.03 Å².